The summed E-state index contributed by atoms with van der Waals surface area (Å²) in [5.74, 6) is 0.887. The number of rotatable bonds is 1. The Morgan fingerprint density at radius 2 is 1.77 bits per heavy atom. The molecule has 3 heteroatoms. The van der Waals surface area contributed by atoms with Crippen molar-refractivity contribution in [2.75, 3.05) is 0 Å². The first-order chi connectivity index (χ1) is 5.11. The number of hydrogen-bond donors (Lipinski definition) is 1. The van der Waals surface area contributed by atoms with Gasteiger partial charge in [-0.25, -0.2) is 0 Å². The number of aromatic hydroxyl groups is 1. The molecule has 0 aliphatic carbocycles. The summed E-state index contributed by atoms with van der Waals surface area (Å²) < 4.78 is 0. The molecular formula is C10H14ClKO. The summed E-state index contributed by atoms with van der Waals surface area (Å²) >= 11 is 0. The number of halogens is 1. The molecule has 0 aliphatic rings. The second-order valence-corrected chi connectivity index (χ2v) is 3.20. The molecule has 0 aromatic heterocycles. The molecule has 0 saturated carbocycles. The molecule has 0 unspecified atom stereocenters. The van der Waals surface area contributed by atoms with Crippen molar-refractivity contribution in [3.05, 3.63) is 29.3 Å². The van der Waals surface area contributed by atoms with Crippen LogP contribution in [0.4, 0.5) is 0 Å². The standard InChI is InChI=1S/C10H14O.ClH.K/c1-7(2)9-5-4-8(3)10(11)6-9;;/h4-7,11H,1-3H3;1H;/q;;+1/p-1. The molecule has 0 bridgehead atoms. The zero-order chi connectivity index (χ0) is 8.43. The van der Waals surface area contributed by atoms with Crippen molar-refractivity contribution in [1.82, 2.24) is 0 Å². The Hall–Kier alpha value is 0.946. The maximum absolute atomic E-state index is 9.35. The third-order valence-corrected chi connectivity index (χ3v) is 1.90. The van der Waals surface area contributed by atoms with Gasteiger partial charge >= 0.3 is 51.4 Å². The molecule has 1 N–H and O–H groups in total. The average Bonchev–Trinajstić information content (AvgIpc) is 1.94. The van der Waals surface area contributed by atoms with Gasteiger partial charge in [0.2, 0.25) is 0 Å². The fourth-order valence-corrected chi connectivity index (χ4v) is 0.986. The molecule has 1 rings (SSSR count). The zero-order valence-corrected chi connectivity index (χ0v) is 12.5. The summed E-state index contributed by atoms with van der Waals surface area (Å²) in [7, 11) is 0. The maximum Gasteiger partial charge on any atom is 1.00 e. The monoisotopic (exact) mass is 224 g/mol. The number of phenolic OH excluding ortho intramolecular Hbond substituents is 1. The normalized spacial score (nSPS) is 8.92. The second-order valence-electron chi connectivity index (χ2n) is 3.20. The summed E-state index contributed by atoms with van der Waals surface area (Å²) in [5.41, 5.74) is 2.13. The molecule has 1 aromatic rings. The van der Waals surface area contributed by atoms with E-state index in [1.54, 1.807) is 0 Å². The molecule has 1 aromatic carbocycles. The van der Waals surface area contributed by atoms with E-state index in [-0.39, 0.29) is 63.8 Å². The van der Waals surface area contributed by atoms with Crippen LogP contribution >= 0.6 is 0 Å². The molecule has 0 amide bonds. The smallest absolute Gasteiger partial charge is 1.00 e. The number of benzene rings is 1. The van der Waals surface area contributed by atoms with Gasteiger partial charge in [-0.15, -0.1) is 0 Å². The van der Waals surface area contributed by atoms with Crippen LogP contribution in [0, 0.1) is 6.92 Å². The van der Waals surface area contributed by atoms with Crippen molar-refractivity contribution < 1.29 is 68.9 Å². The van der Waals surface area contributed by atoms with Crippen molar-refractivity contribution in [1.29, 1.82) is 0 Å². The molecule has 0 aliphatic heterocycles. The third kappa shape index (κ3) is 4.82. The van der Waals surface area contributed by atoms with E-state index in [1.807, 2.05) is 19.1 Å². The molecule has 0 spiro atoms. The fourth-order valence-electron chi connectivity index (χ4n) is 0.986. The molecule has 0 atom stereocenters. The zero-order valence-electron chi connectivity index (χ0n) is 8.63. The third-order valence-electron chi connectivity index (χ3n) is 1.90. The first-order valence-electron chi connectivity index (χ1n) is 3.91. The van der Waals surface area contributed by atoms with Crippen LogP contribution in [-0.4, -0.2) is 5.11 Å². The van der Waals surface area contributed by atoms with Crippen molar-refractivity contribution in [3.63, 3.8) is 0 Å². The van der Waals surface area contributed by atoms with E-state index in [9.17, 15) is 5.11 Å². The minimum Gasteiger partial charge on any atom is -1.00 e. The van der Waals surface area contributed by atoms with Gasteiger partial charge in [0.1, 0.15) is 5.75 Å². The molecule has 13 heavy (non-hydrogen) atoms. The molecule has 0 fully saturated rings. The van der Waals surface area contributed by atoms with Gasteiger partial charge in [-0.2, -0.15) is 0 Å². The molecule has 68 valence electrons. The minimum absolute atomic E-state index is 0. The summed E-state index contributed by atoms with van der Waals surface area (Å²) in [6.45, 7) is 6.13. The minimum atomic E-state index is 0. The summed E-state index contributed by atoms with van der Waals surface area (Å²) in [5, 5.41) is 9.35. The van der Waals surface area contributed by atoms with Gasteiger partial charge < -0.3 is 17.5 Å². The molecule has 0 radical (unpaired) electrons. The van der Waals surface area contributed by atoms with E-state index >= 15 is 0 Å². The van der Waals surface area contributed by atoms with Gasteiger partial charge in [-0.05, 0) is 30.0 Å². The summed E-state index contributed by atoms with van der Waals surface area (Å²) in [4.78, 5) is 0. The van der Waals surface area contributed by atoms with Crippen LogP contribution in [0.3, 0.4) is 0 Å². The molecule has 0 saturated heterocycles. The molecular weight excluding hydrogens is 211 g/mol. The SMILES string of the molecule is Cc1ccc(C(C)C)cc1O.[Cl-].[K+]. The molecule has 0 heterocycles. The van der Waals surface area contributed by atoms with Crippen LogP contribution in [0.5, 0.6) is 5.75 Å². The van der Waals surface area contributed by atoms with Gasteiger partial charge in [0.05, 0.1) is 0 Å². The predicted molar refractivity (Wildman–Crippen MR) is 46.9 cm³/mol. The Morgan fingerprint density at radius 1 is 1.23 bits per heavy atom. The quantitative estimate of drug-likeness (QED) is 0.500. The maximum atomic E-state index is 9.35. The summed E-state index contributed by atoms with van der Waals surface area (Å²) in [6.07, 6.45) is 0. The van der Waals surface area contributed by atoms with Crippen LogP contribution in [0.2, 0.25) is 0 Å². The van der Waals surface area contributed by atoms with E-state index in [0.717, 1.165) is 5.56 Å². The summed E-state index contributed by atoms with van der Waals surface area (Å²) in [6, 6.07) is 5.84. The van der Waals surface area contributed by atoms with Crippen molar-refractivity contribution in [2.45, 2.75) is 26.7 Å². The Bertz CT molecular complexity index is 261. The van der Waals surface area contributed by atoms with E-state index in [1.165, 1.54) is 5.56 Å². The number of phenols is 1. The number of aryl methyl sites for hydroxylation is 1. The van der Waals surface area contributed by atoms with E-state index < -0.39 is 0 Å². The average molecular weight is 225 g/mol. The van der Waals surface area contributed by atoms with Crippen LogP contribution in [0.15, 0.2) is 18.2 Å². The fraction of sp³-hybridized carbons (Fsp3) is 0.400. The van der Waals surface area contributed by atoms with Gasteiger partial charge in [0, 0.05) is 0 Å². The van der Waals surface area contributed by atoms with Gasteiger partial charge in [0.15, 0.2) is 0 Å². The van der Waals surface area contributed by atoms with Crippen LogP contribution in [0.1, 0.15) is 30.9 Å². The number of hydrogen-bond acceptors (Lipinski definition) is 1. The Balaban J connectivity index is 0. The van der Waals surface area contributed by atoms with Crippen LogP contribution in [0.25, 0.3) is 0 Å². The topological polar surface area (TPSA) is 20.2 Å². The van der Waals surface area contributed by atoms with E-state index in [0.29, 0.717) is 11.7 Å². The second kappa shape index (κ2) is 7.27. The van der Waals surface area contributed by atoms with E-state index in [4.69, 9.17) is 0 Å². The van der Waals surface area contributed by atoms with Gasteiger partial charge in [-0.3, -0.25) is 0 Å². The van der Waals surface area contributed by atoms with Crippen molar-refractivity contribution in [2.24, 2.45) is 0 Å². The Morgan fingerprint density at radius 3 is 2.15 bits per heavy atom. The van der Waals surface area contributed by atoms with E-state index in [2.05, 4.69) is 19.9 Å². The molecule has 1 nitrogen and oxygen atoms in total. The van der Waals surface area contributed by atoms with Crippen molar-refractivity contribution >= 4 is 0 Å². The Labute approximate surface area is 129 Å². The van der Waals surface area contributed by atoms with Gasteiger partial charge in [0.25, 0.3) is 0 Å². The first kappa shape index (κ1) is 16.4. The van der Waals surface area contributed by atoms with Crippen molar-refractivity contribution in [3.8, 4) is 5.75 Å². The largest absolute Gasteiger partial charge is 1.00 e. The van der Waals surface area contributed by atoms with Crippen LogP contribution in [-0.2, 0) is 0 Å². The van der Waals surface area contributed by atoms with Crippen LogP contribution < -0.4 is 63.8 Å². The Kier molecular flexibility index (Phi) is 9.15. The van der Waals surface area contributed by atoms with Gasteiger partial charge in [-0.1, -0.05) is 26.0 Å². The predicted octanol–water partition coefficient (Wildman–Crippen LogP) is -3.17. The first-order valence-corrected chi connectivity index (χ1v) is 3.91.